The predicted molar refractivity (Wildman–Crippen MR) is 80.8 cm³/mol. The predicted octanol–water partition coefficient (Wildman–Crippen LogP) is 4.52. The Bertz CT molecular complexity index is 625. The quantitative estimate of drug-likeness (QED) is 0.891. The molecule has 0 atom stereocenters. The van der Waals surface area contributed by atoms with Crippen LogP contribution in [0.25, 0.3) is 0 Å². The molecule has 2 N–H and O–H groups in total. The first-order valence-electron chi connectivity index (χ1n) is 6.17. The molecule has 114 valence electrons. The minimum atomic E-state index is -4.36. The molecule has 1 aromatic heterocycles. The lowest BCUT2D eigenvalue weighted by Crippen LogP contribution is -2.19. The monoisotopic (exact) mass is 334 g/mol. The Kier molecular flexibility index (Phi) is 4.81. The van der Waals surface area contributed by atoms with Crippen LogP contribution in [0, 0.1) is 0 Å². The second kappa shape index (κ2) is 6.25. The molecule has 0 aliphatic heterocycles. The number of hydrogen-bond donors (Lipinski definition) is 1. The van der Waals surface area contributed by atoms with Gasteiger partial charge in [0.15, 0.2) is 0 Å². The van der Waals surface area contributed by atoms with Gasteiger partial charge in [-0.1, -0.05) is 11.6 Å². The van der Waals surface area contributed by atoms with Gasteiger partial charge in [-0.25, -0.2) is 0 Å². The summed E-state index contributed by atoms with van der Waals surface area (Å²) in [5.41, 5.74) is 6.06. The highest BCUT2D eigenvalue weighted by atomic mass is 35.5. The number of hydrogen-bond acceptors (Lipinski definition) is 3. The van der Waals surface area contributed by atoms with Crippen molar-refractivity contribution in [3.8, 4) is 0 Å². The van der Waals surface area contributed by atoms with Crippen LogP contribution in [0.5, 0.6) is 0 Å². The first-order valence-corrected chi connectivity index (χ1v) is 7.36. The second-order valence-corrected chi connectivity index (χ2v) is 6.41. The van der Waals surface area contributed by atoms with E-state index in [9.17, 15) is 13.2 Å². The van der Waals surface area contributed by atoms with E-state index >= 15 is 0 Å². The standard InChI is InChI=1S/C14H14ClF3N2S/c1-20(8-11-3-5-13(15)21-11)12-4-2-10(14(16,17)18)6-9(12)7-19/h2-6H,7-8,19H2,1H3. The van der Waals surface area contributed by atoms with Gasteiger partial charge in [-0.2, -0.15) is 13.2 Å². The molecule has 1 heterocycles. The van der Waals surface area contributed by atoms with Crippen molar-refractivity contribution in [1.82, 2.24) is 0 Å². The average molecular weight is 335 g/mol. The Morgan fingerprint density at radius 3 is 2.48 bits per heavy atom. The lowest BCUT2D eigenvalue weighted by atomic mass is 10.1. The number of benzene rings is 1. The molecule has 0 aliphatic carbocycles. The first kappa shape index (κ1) is 16.1. The van der Waals surface area contributed by atoms with Gasteiger partial charge < -0.3 is 10.6 Å². The van der Waals surface area contributed by atoms with Crippen LogP contribution < -0.4 is 10.6 Å². The summed E-state index contributed by atoms with van der Waals surface area (Å²) < 4.78 is 38.8. The molecule has 0 radical (unpaired) electrons. The van der Waals surface area contributed by atoms with E-state index in [1.165, 1.54) is 17.4 Å². The number of halogens is 4. The minimum Gasteiger partial charge on any atom is -0.369 e. The Hall–Kier alpha value is -1.24. The molecule has 0 saturated carbocycles. The number of anilines is 1. The van der Waals surface area contributed by atoms with Crippen molar-refractivity contribution in [2.45, 2.75) is 19.3 Å². The fourth-order valence-corrected chi connectivity index (χ4v) is 3.19. The number of thiophene rings is 1. The summed E-state index contributed by atoms with van der Waals surface area (Å²) in [6, 6.07) is 7.33. The fourth-order valence-electron chi connectivity index (χ4n) is 2.05. The van der Waals surface area contributed by atoms with Crippen LogP contribution in [0.3, 0.4) is 0 Å². The molecular weight excluding hydrogens is 321 g/mol. The van der Waals surface area contributed by atoms with Gasteiger partial charge in [-0.3, -0.25) is 0 Å². The summed E-state index contributed by atoms with van der Waals surface area (Å²) >= 11 is 7.32. The zero-order valence-corrected chi connectivity index (χ0v) is 12.8. The van der Waals surface area contributed by atoms with Crippen LogP contribution >= 0.6 is 22.9 Å². The molecular formula is C14H14ClF3N2S. The van der Waals surface area contributed by atoms with E-state index in [-0.39, 0.29) is 6.54 Å². The van der Waals surface area contributed by atoms with Crippen molar-refractivity contribution in [3.63, 3.8) is 0 Å². The molecule has 0 aliphatic rings. The fraction of sp³-hybridized carbons (Fsp3) is 0.286. The molecule has 2 rings (SSSR count). The third-order valence-corrected chi connectivity index (χ3v) is 4.28. The van der Waals surface area contributed by atoms with E-state index in [0.717, 1.165) is 17.0 Å². The van der Waals surface area contributed by atoms with Crippen LogP contribution in [0.4, 0.5) is 18.9 Å². The van der Waals surface area contributed by atoms with Crippen LogP contribution in [-0.4, -0.2) is 7.05 Å². The van der Waals surface area contributed by atoms with Crippen molar-refractivity contribution in [1.29, 1.82) is 0 Å². The summed E-state index contributed by atoms with van der Waals surface area (Å²) in [6.07, 6.45) is -4.36. The molecule has 0 amide bonds. The van der Waals surface area contributed by atoms with E-state index in [1.807, 2.05) is 18.0 Å². The number of nitrogens with zero attached hydrogens (tertiary/aromatic N) is 1. The molecule has 2 nitrogen and oxygen atoms in total. The van der Waals surface area contributed by atoms with Gasteiger partial charge in [0.05, 0.1) is 16.4 Å². The molecule has 0 bridgehead atoms. The Morgan fingerprint density at radius 2 is 1.95 bits per heavy atom. The van der Waals surface area contributed by atoms with Crippen LogP contribution in [0.15, 0.2) is 30.3 Å². The molecule has 1 aromatic carbocycles. The smallest absolute Gasteiger partial charge is 0.369 e. The lowest BCUT2D eigenvalue weighted by molar-refractivity contribution is -0.137. The number of alkyl halides is 3. The summed E-state index contributed by atoms with van der Waals surface area (Å²) in [7, 11) is 1.81. The van der Waals surface area contributed by atoms with Gasteiger partial charge in [0.25, 0.3) is 0 Å². The van der Waals surface area contributed by atoms with Gasteiger partial charge >= 0.3 is 6.18 Å². The SMILES string of the molecule is CN(Cc1ccc(Cl)s1)c1ccc(C(F)(F)F)cc1CN. The van der Waals surface area contributed by atoms with Gasteiger partial charge in [0, 0.05) is 24.2 Å². The third kappa shape index (κ3) is 3.90. The molecule has 2 aromatic rings. The molecule has 0 fully saturated rings. The largest absolute Gasteiger partial charge is 0.416 e. The number of nitrogens with two attached hydrogens (primary N) is 1. The summed E-state index contributed by atoms with van der Waals surface area (Å²) in [5, 5.41) is 0. The maximum Gasteiger partial charge on any atom is 0.416 e. The molecule has 0 saturated heterocycles. The maximum atomic E-state index is 12.7. The zero-order valence-electron chi connectivity index (χ0n) is 11.2. The van der Waals surface area contributed by atoms with Crippen LogP contribution in [0.1, 0.15) is 16.0 Å². The summed E-state index contributed by atoms with van der Waals surface area (Å²) in [4.78, 5) is 2.90. The van der Waals surface area contributed by atoms with Crippen LogP contribution in [0.2, 0.25) is 4.34 Å². The highest BCUT2D eigenvalue weighted by molar-refractivity contribution is 7.16. The van der Waals surface area contributed by atoms with Crippen molar-refractivity contribution >= 4 is 28.6 Å². The topological polar surface area (TPSA) is 29.3 Å². The highest BCUT2D eigenvalue weighted by Crippen LogP contribution is 2.33. The zero-order chi connectivity index (χ0) is 15.6. The summed E-state index contributed by atoms with van der Waals surface area (Å²) in [6.45, 7) is 0.616. The van der Waals surface area contributed by atoms with Gasteiger partial charge in [-0.15, -0.1) is 11.3 Å². The van der Waals surface area contributed by atoms with E-state index in [2.05, 4.69) is 0 Å². The van der Waals surface area contributed by atoms with E-state index in [0.29, 0.717) is 22.1 Å². The van der Waals surface area contributed by atoms with E-state index < -0.39 is 11.7 Å². The van der Waals surface area contributed by atoms with Crippen molar-refractivity contribution in [2.75, 3.05) is 11.9 Å². The maximum absolute atomic E-state index is 12.7. The lowest BCUT2D eigenvalue weighted by Gasteiger charge is -2.22. The third-order valence-electron chi connectivity index (χ3n) is 3.06. The average Bonchev–Trinajstić information content (AvgIpc) is 2.82. The van der Waals surface area contributed by atoms with Crippen molar-refractivity contribution in [3.05, 3.63) is 50.7 Å². The Labute approximate surface area is 129 Å². The first-order chi connectivity index (χ1) is 9.81. The van der Waals surface area contributed by atoms with Gasteiger partial charge in [0.1, 0.15) is 0 Å². The van der Waals surface area contributed by atoms with E-state index in [1.54, 1.807) is 6.07 Å². The minimum absolute atomic E-state index is 0.0504. The normalized spacial score (nSPS) is 11.7. The second-order valence-electron chi connectivity index (χ2n) is 4.61. The number of rotatable bonds is 4. The highest BCUT2D eigenvalue weighted by Gasteiger charge is 2.31. The molecule has 21 heavy (non-hydrogen) atoms. The van der Waals surface area contributed by atoms with Crippen molar-refractivity contribution < 1.29 is 13.2 Å². The Balaban J connectivity index is 2.26. The van der Waals surface area contributed by atoms with Gasteiger partial charge in [0.2, 0.25) is 0 Å². The molecule has 7 heteroatoms. The van der Waals surface area contributed by atoms with Gasteiger partial charge in [-0.05, 0) is 35.9 Å². The molecule has 0 spiro atoms. The van der Waals surface area contributed by atoms with E-state index in [4.69, 9.17) is 17.3 Å². The summed E-state index contributed by atoms with van der Waals surface area (Å²) in [5.74, 6) is 0. The molecule has 0 unspecified atom stereocenters. The van der Waals surface area contributed by atoms with Crippen LogP contribution in [-0.2, 0) is 19.3 Å². The Morgan fingerprint density at radius 1 is 1.24 bits per heavy atom. The van der Waals surface area contributed by atoms with Crippen molar-refractivity contribution in [2.24, 2.45) is 5.73 Å².